The van der Waals surface area contributed by atoms with Crippen LogP contribution in [-0.2, 0) is 11.3 Å². The lowest BCUT2D eigenvalue weighted by Crippen LogP contribution is -2.33. The zero-order valence-electron chi connectivity index (χ0n) is 17.5. The number of nitrogens with zero attached hydrogens (tertiary/aromatic N) is 3. The van der Waals surface area contributed by atoms with Crippen molar-refractivity contribution in [1.29, 1.82) is 0 Å². The Morgan fingerprint density at radius 1 is 1.27 bits per heavy atom. The topological polar surface area (TPSA) is 58.8 Å². The van der Waals surface area contributed by atoms with Crippen LogP contribution in [0.15, 0.2) is 46.3 Å². The summed E-state index contributed by atoms with van der Waals surface area (Å²) < 4.78 is 11.1. The van der Waals surface area contributed by atoms with Gasteiger partial charge in [-0.1, -0.05) is 35.0 Å². The van der Waals surface area contributed by atoms with Crippen molar-refractivity contribution in [3.8, 4) is 11.3 Å². The van der Waals surface area contributed by atoms with Crippen LogP contribution in [0.5, 0.6) is 0 Å². The summed E-state index contributed by atoms with van der Waals surface area (Å²) >= 11 is 1.46. The van der Waals surface area contributed by atoms with Crippen molar-refractivity contribution >= 4 is 23.1 Å². The van der Waals surface area contributed by atoms with E-state index in [1.54, 1.807) is 7.11 Å². The number of hydrogen-bond donors (Lipinski definition) is 0. The Kier molecular flexibility index (Phi) is 6.50. The fourth-order valence-electron chi connectivity index (χ4n) is 3.83. The molecular weight excluding hydrogens is 398 g/mol. The number of rotatable bonds is 8. The van der Waals surface area contributed by atoms with Gasteiger partial charge >= 0.3 is 0 Å². The summed E-state index contributed by atoms with van der Waals surface area (Å²) in [4.78, 5) is 18.0. The van der Waals surface area contributed by atoms with Gasteiger partial charge in [-0.25, -0.2) is 0 Å². The number of hydrogen-bond acceptors (Lipinski definition) is 6. The van der Waals surface area contributed by atoms with Gasteiger partial charge in [0.15, 0.2) is 0 Å². The van der Waals surface area contributed by atoms with Crippen molar-refractivity contribution in [2.24, 2.45) is 0 Å². The molecule has 30 heavy (non-hydrogen) atoms. The van der Waals surface area contributed by atoms with E-state index in [0.29, 0.717) is 19.7 Å². The van der Waals surface area contributed by atoms with Crippen molar-refractivity contribution in [2.75, 3.05) is 38.3 Å². The van der Waals surface area contributed by atoms with Crippen LogP contribution in [0.2, 0.25) is 0 Å². The van der Waals surface area contributed by atoms with E-state index in [1.807, 2.05) is 34.5 Å². The van der Waals surface area contributed by atoms with Crippen LogP contribution in [0.25, 0.3) is 11.3 Å². The highest BCUT2D eigenvalue weighted by molar-refractivity contribution is 7.12. The van der Waals surface area contributed by atoms with Crippen LogP contribution in [0.1, 0.15) is 33.6 Å². The first-order valence-corrected chi connectivity index (χ1v) is 11.2. The number of aryl methyl sites for hydroxylation is 1. The summed E-state index contributed by atoms with van der Waals surface area (Å²) in [6, 6.07) is 12.0. The minimum Gasteiger partial charge on any atom is -0.383 e. The summed E-state index contributed by atoms with van der Waals surface area (Å²) in [6.07, 6.45) is 2.28. The van der Waals surface area contributed by atoms with E-state index in [-0.39, 0.29) is 5.91 Å². The second-order valence-electron chi connectivity index (χ2n) is 7.58. The van der Waals surface area contributed by atoms with Gasteiger partial charge in [-0.15, -0.1) is 11.3 Å². The summed E-state index contributed by atoms with van der Waals surface area (Å²) in [7, 11) is 1.65. The van der Waals surface area contributed by atoms with E-state index >= 15 is 0 Å². The molecule has 0 bridgehead atoms. The van der Waals surface area contributed by atoms with E-state index in [1.165, 1.54) is 11.3 Å². The molecule has 1 aliphatic heterocycles. The van der Waals surface area contributed by atoms with Gasteiger partial charge in [0.05, 0.1) is 23.6 Å². The second kappa shape index (κ2) is 9.45. The first-order chi connectivity index (χ1) is 14.7. The average molecular weight is 426 g/mol. The lowest BCUT2D eigenvalue weighted by molar-refractivity contribution is 0.0685. The lowest BCUT2D eigenvalue weighted by Gasteiger charge is -2.23. The molecule has 0 radical (unpaired) electrons. The first kappa shape index (κ1) is 20.6. The number of anilines is 1. The van der Waals surface area contributed by atoms with Gasteiger partial charge in [-0.05, 0) is 37.3 Å². The Morgan fingerprint density at radius 2 is 2.10 bits per heavy atom. The summed E-state index contributed by atoms with van der Waals surface area (Å²) in [5.74, 6) is 0.788. The molecule has 2 aromatic heterocycles. The summed E-state index contributed by atoms with van der Waals surface area (Å²) in [5, 5.41) is 6.37. The molecule has 0 unspecified atom stereocenters. The molecule has 1 amide bonds. The van der Waals surface area contributed by atoms with E-state index in [0.717, 1.165) is 59.1 Å². The number of thiophene rings is 1. The third kappa shape index (κ3) is 4.42. The Morgan fingerprint density at radius 3 is 2.80 bits per heavy atom. The fourth-order valence-corrected chi connectivity index (χ4v) is 4.52. The molecule has 1 saturated heterocycles. The molecule has 6 nitrogen and oxygen atoms in total. The average Bonchev–Trinajstić information content (AvgIpc) is 3.52. The molecule has 3 heterocycles. The SMILES string of the molecule is COCCN(Cc1c(-c2cccc(C)c2)noc1N1CCCC1)C(=O)c1cccs1. The molecule has 0 spiro atoms. The molecule has 0 aliphatic carbocycles. The third-order valence-electron chi connectivity index (χ3n) is 5.39. The van der Waals surface area contributed by atoms with Gasteiger partial charge in [-0.2, -0.15) is 0 Å². The second-order valence-corrected chi connectivity index (χ2v) is 8.52. The maximum absolute atomic E-state index is 13.2. The van der Waals surface area contributed by atoms with Gasteiger partial charge in [0.2, 0.25) is 5.88 Å². The Bertz CT molecular complexity index is 978. The van der Waals surface area contributed by atoms with Gasteiger partial charge in [0.1, 0.15) is 5.69 Å². The van der Waals surface area contributed by atoms with Crippen molar-refractivity contribution in [3.05, 3.63) is 57.8 Å². The number of carbonyl (C=O) groups is 1. The third-order valence-corrected chi connectivity index (χ3v) is 6.24. The molecule has 7 heteroatoms. The number of benzene rings is 1. The smallest absolute Gasteiger partial charge is 0.264 e. The number of carbonyl (C=O) groups excluding carboxylic acids is 1. The molecule has 0 N–H and O–H groups in total. The van der Waals surface area contributed by atoms with Crippen molar-refractivity contribution in [3.63, 3.8) is 0 Å². The normalized spacial score (nSPS) is 13.7. The number of amides is 1. The van der Waals surface area contributed by atoms with Crippen LogP contribution in [0.3, 0.4) is 0 Å². The molecule has 0 atom stereocenters. The van der Waals surface area contributed by atoms with E-state index in [9.17, 15) is 4.79 Å². The predicted molar refractivity (Wildman–Crippen MR) is 119 cm³/mol. The highest BCUT2D eigenvalue weighted by atomic mass is 32.1. The highest BCUT2D eigenvalue weighted by Crippen LogP contribution is 2.34. The Balaban J connectivity index is 1.72. The van der Waals surface area contributed by atoms with Crippen LogP contribution in [-0.4, -0.2) is 49.3 Å². The number of ether oxygens (including phenoxy) is 1. The minimum absolute atomic E-state index is 0.00538. The number of methoxy groups -OCH3 is 1. The highest BCUT2D eigenvalue weighted by Gasteiger charge is 2.28. The molecular formula is C23H27N3O3S. The Labute approximate surface area is 181 Å². The summed E-state index contributed by atoms with van der Waals surface area (Å²) in [5.41, 5.74) is 3.94. The predicted octanol–water partition coefficient (Wildman–Crippen LogP) is 4.60. The zero-order valence-corrected chi connectivity index (χ0v) is 18.3. The monoisotopic (exact) mass is 425 g/mol. The van der Waals surface area contributed by atoms with E-state index in [2.05, 4.69) is 29.1 Å². The van der Waals surface area contributed by atoms with Gasteiger partial charge in [-0.3, -0.25) is 4.79 Å². The van der Waals surface area contributed by atoms with Gasteiger partial charge < -0.3 is 19.1 Å². The first-order valence-electron chi connectivity index (χ1n) is 10.3. The van der Waals surface area contributed by atoms with E-state index in [4.69, 9.17) is 9.26 Å². The quantitative estimate of drug-likeness (QED) is 0.528. The molecule has 3 aromatic rings. The van der Waals surface area contributed by atoms with E-state index < -0.39 is 0 Å². The molecule has 4 rings (SSSR count). The molecule has 158 valence electrons. The van der Waals surface area contributed by atoms with Crippen LogP contribution in [0, 0.1) is 6.92 Å². The largest absolute Gasteiger partial charge is 0.383 e. The van der Waals surface area contributed by atoms with Gasteiger partial charge in [0, 0.05) is 32.3 Å². The number of aromatic nitrogens is 1. The molecule has 0 saturated carbocycles. The maximum atomic E-state index is 13.2. The molecule has 1 aromatic carbocycles. The molecule has 1 fully saturated rings. The minimum atomic E-state index is 0.00538. The molecule has 1 aliphatic rings. The fraction of sp³-hybridized carbons (Fsp3) is 0.391. The van der Waals surface area contributed by atoms with Crippen LogP contribution in [0.4, 0.5) is 5.88 Å². The van der Waals surface area contributed by atoms with Crippen LogP contribution < -0.4 is 4.90 Å². The van der Waals surface area contributed by atoms with Gasteiger partial charge in [0.25, 0.3) is 5.91 Å². The van der Waals surface area contributed by atoms with Crippen molar-refractivity contribution in [1.82, 2.24) is 10.1 Å². The Hall–Kier alpha value is -2.64. The zero-order chi connectivity index (χ0) is 20.9. The standard InChI is InChI=1S/C23H27N3O3S/c1-17-7-5-8-18(15-17)21-19(23(29-24-21)25-10-3-4-11-25)16-26(12-13-28-2)22(27)20-9-6-14-30-20/h5-9,14-15H,3-4,10-13,16H2,1-2H3. The lowest BCUT2D eigenvalue weighted by atomic mass is 10.0. The van der Waals surface area contributed by atoms with Crippen molar-refractivity contribution in [2.45, 2.75) is 26.3 Å². The van der Waals surface area contributed by atoms with Crippen LogP contribution >= 0.6 is 11.3 Å². The maximum Gasteiger partial charge on any atom is 0.264 e. The van der Waals surface area contributed by atoms with Crippen molar-refractivity contribution < 1.29 is 14.1 Å². The summed E-state index contributed by atoms with van der Waals surface area (Å²) in [6.45, 7) is 5.37.